The average molecular weight is 699 g/mol. The number of benzene rings is 3. The zero-order valence-electron chi connectivity index (χ0n) is 20.7. The van der Waals surface area contributed by atoms with Gasteiger partial charge in [-0.1, -0.05) is 12.1 Å². The Balaban J connectivity index is 2.10. The molecule has 232 valence electrons. The first-order valence-corrected chi connectivity index (χ1v) is 11.9. The first-order valence-electron chi connectivity index (χ1n) is 11.1. The largest absolute Gasteiger partial charge is 0.435 e. The molecule has 3 rings (SSSR count). The summed E-state index contributed by atoms with van der Waals surface area (Å²) in [6, 6.07) is 3.62. The van der Waals surface area contributed by atoms with Gasteiger partial charge in [-0.25, -0.2) is 17.6 Å². The lowest BCUT2D eigenvalue weighted by Gasteiger charge is -2.31. The summed E-state index contributed by atoms with van der Waals surface area (Å²) in [6.07, 6.45) is -19.3. The van der Waals surface area contributed by atoms with E-state index >= 15 is 4.39 Å². The molecule has 0 fully saturated rings. The van der Waals surface area contributed by atoms with E-state index in [2.05, 4.69) is 15.9 Å². The number of hydrogen-bond acceptors (Lipinski definition) is 2. The summed E-state index contributed by atoms with van der Waals surface area (Å²) in [6.45, 7) is 0. The Kier molecular flexibility index (Phi) is 8.89. The van der Waals surface area contributed by atoms with E-state index in [-0.39, 0.29) is 6.07 Å². The number of halogens is 14. The van der Waals surface area contributed by atoms with Crippen molar-refractivity contribution in [2.75, 3.05) is 17.3 Å². The molecule has 18 heteroatoms. The molecular weight excluding hydrogens is 687 g/mol. The van der Waals surface area contributed by atoms with Crippen LogP contribution in [-0.2, 0) is 11.8 Å². The van der Waals surface area contributed by atoms with Gasteiger partial charge in [-0.05, 0) is 52.3 Å². The molecular formula is C25H12BrF13N2O2. The van der Waals surface area contributed by atoms with Gasteiger partial charge in [0.1, 0.15) is 17.2 Å². The number of anilines is 2. The summed E-state index contributed by atoms with van der Waals surface area (Å²) in [5.74, 6) is -7.53. The van der Waals surface area contributed by atoms with Crippen molar-refractivity contribution in [2.45, 2.75) is 24.2 Å². The molecule has 3 aromatic carbocycles. The van der Waals surface area contributed by atoms with E-state index in [1.807, 2.05) is 0 Å². The Labute approximate surface area is 240 Å². The maximum Gasteiger partial charge on any atom is 0.435 e. The third kappa shape index (κ3) is 6.14. The van der Waals surface area contributed by atoms with Gasteiger partial charge < -0.3 is 10.2 Å². The van der Waals surface area contributed by atoms with Crippen LogP contribution in [0.5, 0.6) is 0 Å². The van der Waals surface area contributed by atoms with Crippen LogP contribution in [0, 0.1) is 17.5 Å². The molecule has 1 N–H and O–H groups in total. The number of carbonyl (C=O) groups is 2. The van der Waals surface area contributed by atoms with Gasteiger partial charge in [0.2, 0.25) is 0 Å². The van der Waals surface area contributed by atoms with E-state index in [4.69, 9.17) is 0 Å². The van der Waals surface area contributed by atoms with Crippen LogP contribution in [0.2, 0.25) is 0 Å². The Hall–Kier alpha value is -3.83. The first kappa shape index (κ1) is 33.7. The van der Waals surface area contributed by atoms with Gasteiger partial charge in [-0.3, -0.25) is 9.59 Å². The van der Waals surface area contributed by atoms with Crippen molar-refractivity contribution in [2.24, 2.45) is 0 Å². The molecule has 2 amide bonds. The highest BCUT2D eigenvalue weighted by atomic mass is 79.9. The third-order valence-electron chi connectivity index (χ3n) is 5.88. The molecule has 3 aromatic rings. The van der Waals surface area contributed by atoms with Gasteiger partial charge >= 0.3 is 24.2 Å². The fourth-order valence-corrected chi connectivity index (χ4v) is 4.32. The number of amides is 2. The quantitative estimate of drug-likeness (QED) is 0.271. The number of alkyl halides is 10. The molecule has 0 saturated carbocycles. The predicted molar refractivity (Wildman–Crippen MR) is 127 cm³/mol. The fraction of sp³-hybridized carbons (Fsp3) is 0.200. The second-order valence-electron chi connectivity index (χ2n) is 8.59. The van der Waals surface area contributed by atoms with Gasteiger partial charge in [0, 0.05) is 17.1 Å². The fourth-order valence-electron chi connectivity index (χ4n) is 3.76. The van der Waals surface area contributed by atoms with Crippen LogP contribution >= 0.6 is 15.9 Å². The zero-order valence-corrected chi connectivity index (χ0v) is 22.3. The highest BCUT2D eigenvalue weighted by Gasteiger charge is 2.73. The Morgan fingerprint density at radius 3 is 1.79 bits per heavy atom. The molecule has 0 bridgehead atoms. The van der Waals surface area contributed by atoms with Crippen molar-refractivity contribution >= 4 is 39.1 Å². The number of carbonyl (C=O) groups excluding carboxylic acids is 2. The summed E-state index contributed by atoms with van der Waals surface area (Å²) in [7, 11) is 0.829. The standard InChI is InChI=1S/C25H12BrF13N2O2/c1-41(21(43)17-14(27)5-3-6-15(17)28)16-7-2-4-11(18(16)29)20(42)40-19-12(23(31,32)33)8-10(9-13(19)26)22(30,24(34,35)36)25(37,38)39/h2-9H,1H3,(H,40,42). The summed E-state index contributed by atoms with van der Waals surface area (Å²) in [5.41, 5.74) is -15.8. The third-order valence-corrected chi connectivity index (χ3v) is 6.50. The number of nitrogens with one attached hydrogen (secondary N) is 1. The lowest BCUT2D eigenvalue weighted by molar-refractivity contribution is -0.348. The van der Waals surface area contributed by atoms with Crippen molar-refractivity contribution < 1.29 is 66.7 Å². The van der Waals surface area contributed by atoms with Crippen LogP contribution in [0.15, 0.2) is 53.0 Å². The second-order valence-corrected chi connectivity index (χ2v) is 9.44. The molecule has 0 heterocycles. The normalized spacial score (nSPS) is 12.7. The van der Waals surface area contributed by atoms with Crippen molar-refractivity contribution in [3.8, 4) is 0 Å². The Morgan fingerprint density at radius 2 is 1.30 bits per heavy atom. The molecule has 43 heavy (non-hydrogen) atoms. The predicted octanol–water partition coefficient (Wildman–Crippen LogP) is 8.70. The monoisotopic (exact) mass is 698 g/mol. The highest BCUT2D eigenvalue weighted by Crippen LogP contribution is 2.55. The lowest BCUT2D eigenvalue weighted by atomic mass is 9.92. The van der Waals surface area contributed by atoms with Crippen LogP contribution in [0.25, 0.3) is 0 Å². The minimum absolute atomic E-state index is 0.298. The lowest BCUT2D eigenvalue weighted by Crippen LogP contribution is -2.50. The Morgan fingerprint density at radius 1 is 0.791 bits per heavy atom. The van der Waals surface area contributed by atoms with E-state index in [1.54, 1.807) is 0 Å². The number of hydrogen-bond donors (Lipinski definition) is 1. The van der Waals surface area contributed by atoms with E-state index < -0.39 is 97.6 Å². The molecule has 0 saturated heterocycles. The van der Waals surface area contributed by atoms with E-state index in [1.165, 1.54) is 5.32 Å². The van der Waals surface area contributed by atoms with Gasteiger partial charge in [0.15, 0.2) is 5.82 Å². The molecule has 0 aliphatic heterocycles. The van der Waals surface area contributed by atoms with Crippen LogP contribution in [-0.4, -0.2) is 31.2 Å². The molecule has 0 aliphatic rings. The van der Waals surface area contributed by atoms with E-state index in [0.29, 0.717) is 23.1 Å². The van der Waals surface area contributed by atoms with Crippen LogP contribution in [0.1, 0.15) is 31.8 Å². The van der Waals surface area contributed by atoms with E-state index in [9.17, 15) is 62.3 Å². The maximum atomic E-state index is 15.3. The first-order chi connectivity index (χ1) is 19.5. The SMILES string of the molecule is CN(C(=O)c1c(F)cccc1F)c1cccc(C(=O)Nc2c(Br)cc(C(F)(C(F)(F)F)C(F)(F)F)cc2C(F)(F)F)c1F. The molecule has 0 spiro atoms. The average Bonchev–Trinajstić information content (AvgIpc) is 2.86. The minimum Gasteiger partial charge on any atom is -0.320 e. The van der Waals surface area contributed by atoms with E-state index in [0.717, 1.165) is 25.2 Å². The molecule has 0 aliphatic carbocycles. The molecule has 0 aromatic heterocycles. The second kappa shape index (κ2) is 11.3. The zero-order chi connectivity index (χ0) is 32.9. The van der Waals surface area contributed by atoms with Crippen LogP contribution in [0.4, 0.5) is 68.5 Å². The highest BCUT2D eigenvalue weighted by molar-refractivity contribution is 9.10. The summed E-state index contributed by atoms with van der Waals surface area (Å²) in [5, 5.41) is 1.49. The number of nitrogens with zero attached hydrogens (tertiary/aromatic N) is 1. The molecule has 4 nitrogen and oxygen atoms in total. The van der Waals surface area contributed by atoms with Crippen molar-refractivity contribution in [3.63, 3.8) is 0 Å². The van der Waals surface area contributed by atoms with Crippen LogP contribution in [0.3, 0.4) is 0 Å². The Bertz CT molecular complexity index is 1550. The van der Waals surface area contributed by atoms with Gasteiger partial charge in [-0.15, -0.1) is 0 Å². The summed E-state index contributed by atoms with van der Waals surface area (Å²) < 4.78 is 177. The van der Waals surface area contributed by atoms with Crippen molar-refractivity contribution in [1.29, 1.82) is 0 Å². The topological polar surface area (TPSA) is 49.4 Å². The van der Waals surface area contributed by atoms with Gasteiger partial charge in [0.05, 0.1) is 22.5 Å². The van der Waals surface area contributed by atoms with Crippen molar-refractivity contribution in [3.05, 3.63) is 92.7 Å². The maximum absolute atomic E-state index is 15.3. The van der Waals surface area contributed by atoms with Gasteiger partial charge in [0.25, 0.3) is 11.8 Å². The summed E-state index contributed by atoms with van der Waals surface area (Å²) >= 11 is 2.30. The van der Waals surface area contributed by atoms with Crippen LogP contribution < -0.4 is 10.2 Å². The smallest absolute Gasteiger partial charge is 0.320 e. The summed E-state index contributed by atoms with van der Waals surface area (Å²) in [4.78, 5) is 25.8. The van der Waals surface area contributed by atoms with Gasteiger partial charge in [-0.2, -0.15) is 39.5 Å². The molecule has 0 unspecified atom stereocenters. The van der Waals surface area contributed by atoms with Crippen molar-refractivity contribution in [1.82, 2.24) is 0 Å². The molecule has 0 atom stereocenters. The number of rotatable bonds is 5. The molecule has 0 radical (unpaired) electrons. The minimum atomic E-state index is -6.77.